The van der Waals surface area contributed by atoms with E-state index in [0.717, 1.165) is 31.1 Å². The highest BCUT2D eigenvalue weighted by molar-refractivity contribution is 4.97. The van der Waals surface area contributed by atoms with Gasteiger partial charge in [-0.1, -0.05) is 58.1 Å². The second-order valence-electron chi connectivity index (χ2n) is 8.40. The molecule has 0 aliphatic carbocycles. The highest BCUT2D eigenvalue weighted by Crippen LogP contribution is 2.19. The van der Waals surface area contributed by atoms with Crippen LogP contribution in [0.25, 0.3) is 0 Å². The molecule has 0 aliphatic heterocycles. The molecule has 0 aliphatic rings. The largest absolute Gasteiger partial charge is 0.394 e. The highest BCUT2D eigenvalue weighted by atomic mass is 16.5. The van der Waals surface area contributed by atoms with Crippen LogP contribution in [-0.2, 0) is 4.74 Å². The molecule has 0 saturated heterocycles. The van der Waals surface area contributed by atoms with Gasteiger partial charge in [-0.15, -0.1) is 0 Å². The summed E-state index contributed by atoms with van der Waals surface area (Å²) in [5.41, 5.74) is 1.42. The maximum Gasteiger partial charge on any atom is 0.110 e. The summed E-state index contributed by atoms with van der Waals surface area (Å²) >= 11 is 0. The summed E-state index contributed by atoms with van der Waals surface area (Å²) in [5.74, 6) is 1.63. The van der Waals surface area contributed by atoms with Gasteiger partial charge >= 0.3 is 0 Å². The Labute approximate surface area is 166 Å². The van der Waals surface area contributed by atoms with Gasteiger partial charge in [-0.3, -0.25) is 0 Å². The van der Waals surface area contributed by atoms with Gasteiger partial charge in [0, 0.05) is 6.61 Å². The van der Waals surface area contributed by atoms with Crippen molar-refractivity contribution < 1.29 is 25.2 Å². The van der Waals surface area contributed by atoms with Crippen LogP contribution in [0.4, 0.5) is 0 Å². The number of unbranched alkanes of at least 4 members (excludes halogenated alkanes) is 1. The summed E-state index contributed by atoms with van der Waals surface area (Å²) in [6.07, 6.45) is 7.86. The molecule has 4 N–H and O–H groups in total. The molecule has 0 rings (SSSR count). The second-order valence-corrected chi connectivity index (χ2v) is 8.40. The summed E-state index contributed by atoms with van der Waals surface area (Å²) in [5, 5.41) is 37.1. The van der Waals surface area contributed by atoms with Gasteiger partial charge in [0.1, 0.15) is 18.3 Å². The summed E-state index contributed by atoms with van der Waals surface area (Å²) in [6.45, 7) is 8.99. The van der Waals surface area contributed by atoms with Crippen molar-refractivity contribution in [1.82, 2.24) is 0 Å². The lowest BCUT2D eigenvalue weighted by atomic mass is 9.94. The van der Waals surface area contributed by atoms with Crippen LogP contribution in [0.15, 0.2) is 11.6 Å². The Kier molecular flexibility index (Phi) is 16.2. The van der Waals surface area contributed by atoms with Gasteiger partial charge in [0.2, 0.25) is 0 Å². The van der Waals surface area contributed by atoms with Gasteiger partial charge in [0.05, 0.1) is 13.2 Å². The first-order valence-corrected chi connectivity index (χ1v) is 10.7. The molecule has 27 heavy (non-hydrogen) atoms. The third kappa shape index (κ3) is 15.2. The fraction of sp³-hybridized carbons (Fsp3) is 0.909. The van der Waals surface area contributed by atoms with E-state index in [9.17, 15) is 15.3 Å². The molecule has 4 unspecified atom stereocenters. The molecule has 0 amide bonds. The van der Waals surface area contributed by atoms with Crippen LogP contribution in [0.2, 0.25) is 0 Å². The zero-order valence-electron chi connectivity index (χ0n) is 17.9. The Morgan fingerprint density at radius 1 is 0.926 bits per heavy atom. The third-order valence-corrected chi connectivity index (χ3v) is 5.00. The number of allylic oxidation sites excluding steroid dienone is 2. The Bertz CT molecular complexity index is 370. The van der Waals surface area contributed by atoms with E-state index in [2.05, 4.69) is 33.8 Å². The molecule has 0 fully saturated rings. The monoisotopic (exact) mass is 388 g/mol. The third-order valence-electron chi connectivity index (χ3n) is 5.00. The van der Waals surface area contributed by atoms with Crippen LogP contribution in [0.5, 0.6) is 0 Å². The number of aliphatic hydroxyl groups is 4. The van der Waals surface area contributed by atoms with E-state index in [1.165, 1.54) is 37.7 Å². The second kappa shape index (κ2) is 16.5. The molecule has 4 atom stereocenters. The van der Waals surface area contributed by atoms with Gasteiger partial charge in [-0.05, 0) is 44.4 Å². The average molecular weight is 389 g/mol. The summed E-state index contributed by atoms with van der Waals surface area (Å²) in [6, 6.07) is 0. The smallest absolute Gasteiger partial charge is 0.110 e. The van der Waals surface area contributed by atoms with Crippen molar-refractivity contribution in [3.05, 3.63) is 11.6 Å². The van der Waals surface area contributed by atoms with Crippen LogP contribution in [0.1, 0.15) is 79.1 Å². The van der Waals surface area contributed by atoms with Crippen molar-refractivity contribution in [2.45, 2.75) is 97.4 Å². The van der Waals surface area contributed by atoms with Crippen LogP contribution < -0.4 is 0 Å². The SMILES string of the molecule is CC(=CCCCOCC(O)C(O)C(O)CO)CCCC(C)CCCC(C)C. The van der Waals surface area contributed by atoms with Crippen LogP contribution >= 0.6 is 0 Å². The van der Waals surface area contributed by atoms with E-state index in [1.54, 1.807) is 0 Å². The standard InChI is InChI=1S/C22H44O5/c1-17(2)9-7-11-19(4)13-8-12-18(3)10-5-6-14-27-16-21(25)22(26)20(24)15-23/h10,17,19-26H,5-9,11-16H2,1-4H3. The van der Waals surface area contributed by atoms with Crippen LogP contribution in [-0.4, -0.2) is 58.6 Å². The normalized spacial score (nSPS) is 17.1. The molecule has 0 spiro atoms. The predicted molar refractivity (Wildman–Crippen MR) is 111 cm³/mol. The summed E-state index contributed by atoms with van der Waals surface area (Å²) in [7, 11) is 0. The lowest BCUT2D eigenvalue weighted by molar-refractivity contribution is -0.0996. The minimum absolute atomic E-state index is 0.0460. The van der Waals surface area contributed by atoms with Crippen molar-refractivity contribution in [2.24, 2.45) is 11.8 Å². The molecule has 5 nitrogen and oxygen atoms in total. The van der Waals surface area contributed by atoms with Crippen molar-refractivity contribution >= 4 is 0 Å². The van der Waals surface area contributed by atoms with Crippen molar-refractivity contribution in [1.29, 1.82) is 0 Å². The fourth-order valence-electron chi connectivity index (χ4n) is 3.05. The zero-order valence-corrected chi connectivity index (χ0v) is 17.9. The van der Waals surface area contributed by atoms with Crippen molar-refractivity contribution in [3.8, 4) is 0 Å². The van der Waals surface area contributed by atoms with Crippen molar-refractivity contribution in [3.63, 3.8) is 0 Å². The highest BCUT2D eigenvalue weighted by Gasteiger charge is 2.23. The molecule has 0 radical (unpaired) electrons. The summed E-state index contributed by atoms with van der Waals surface area (Å²) < 4.78 is 5.33. The Morgan fingerprint density at radius 2 is 1.59 bits per heavy atom. The molecule has 0 aromatic heterocycles. The first-order chi connectivity index (χ1) is 12.8. The number of hydrogen-bond donors (Lipinski definition) is 4. The van der Waals surface area contributed by atoms with E-state index in [0.29, 0.717) is 6.61 Å². The van der Waals surface area contributed by atoms with Gasteiger partial charge in [0.25, 0.3) is 0 Å². The maximum absolute atomic E-state index is 9.63. The van der Waals surface area contributed by atoms with Gasteiger partial charge < -0.3 is 25.2 Å². The van der Waals surface area contributed by atoms with Gasteiger partial charge in [-0.2, -0.15) is 0 Å². The molecular weight excluding hydrogens is 344 g/mol. The molecule has 5 heteroatoms. The molecule has 0 saturated carbocycles. The van der Waals surface area contributed by atoms with E-state index in [1.807, 2.05) is 0 Å². The zero-order chi connectivity index (χ0) is 20.7. The minimum Gasteiger partial charge on any atom is -0.394 e. The van der Waals surface area contributed by atoms with Crippen LogP contribution in [0, 0.1) is 11.8 Å². The topological polar surface area (TPSA) is 90.2 Å². The summed E-state index contributed by atoms with van der Waals surface area (Å²) in [4.78, 5) is 0. The predicted octanol–water partition coefficient (Wildman–Crippen LogP) is 3.44. The van der Waals surface area contributed by atoms with Crippen molar-refractivity contribution in [2.75, 3.05) is 19.8 Å². The van der Waals surface area contributed by atoms with Gasteiger partial charge in [0.15, 0.2) is 0 Å². The quantitative estimate of drug-likeness (QED) is 0.226. The number of ether oxygens (including phenoxy) is 1. The van der Waals surface area contributed by atoms with Gasteiger partial charge in [-0.25, -0.2) is 0 Å². The number of hydrogen-bond acceptors (Lipinski definition) is 5. The lowest BCUT2D eigenvalue weighted by Crippen LogP contribution is -2.41. The van der Waals surface area contributed by atoms with Crippen LogP contribution in [0.3, 0.4) is 0 Å². The molecule has 0 heterocycles. The van der Waals surface area contributed by atoms with E-state index < -0.39 is 24.9 Å². The molecular formula is C22H44O5. The number of aliphatic hydroxyl groups excluding tert-OH is 4. The van der Waals surface area contributed by atoms with E-state index in [4.69, 9.17) is 9.84 Å². The molecule has 0 bridgehead atoms. The molecule has 0 aromatic rings. The Morgan fingerprint density at radius 3 is 2.22 bits per heavy atom. The number of rotatable bonds is 17. The first-order valence-electron chi connectivity index (χ1n) is 10.7. The molecule has 162 valence electrons. The minimum atomic E-state index is -1.38. The lowest BCUT2D eigenvalue weighted by Gasteiger charge is -2.21. The Hall–Kier alpha value is -0.460. The van der Waals surface area contributed by atoms with E-state index in [-0.39, 0.29) is 6.61 Å². The van der Waals surface area contributed by atoms with E-state index >= 15 is 0 Å². The first kappa shape index (κ1) is 26.5. The fourth-order valence-corrected chi connectivity index (χ4v) is 3.05. The Balaban J connectivity index is 3.68. The average Bonchev–Trinajstić information content (AvgIpc) is 2.62. The maximum atomic E-state index is 9.63. The molecule has 0 aromatic carbocycles.